The largest absolute Gasteiger partial charge is 0.374 e. The average molecular weight is 330 g/mol. The van der Waals surface area contributed by atoms with E-state index < -0.39 is 0 Å². The fraction of sp³-hybridized carbons (Fsp3) is 0.526. The molecule has 1 amide bonds. The molecule has 1 aliphatic rings. The van der Waals surface area contributed by atoms with Crippen LogP contribution in [0.1, 0.15) is 19.4 Å². The molecule has 0 radical (unpaired) electrons. The van der Waals surface area contributed by atoms with Crippen LogP contribution in [0, 0.1) is 6.92 Å². The topological polar surface area (TPSA) is 47.6 Å². The lowest BCUT2D eigenvalue weighted by atomic mass is 10.1. The van der Waals surface area contributed by atoms with Crippen molar-refractivity contribution < 1.29 is 4.79 Å². The number of carbonyl (C=O) groups is 1. The Balaban J connectivity index is 1.97. The van der Waals surface area contributed by atoms with Crippen molar-refractivity contribution in [2.75, 3.05) is 49.5 Å². The number of rotatable bonds is 7. The molecule has 5 nitrogen and oxygen atoms in total. The van der Waals surface area contributed by atoms with E-state index in [1.807, 2.05) is 6.92 Å². The summed E-state index contributed by atoms with van der Waals surface area (Å²) in [5.41, 5.74) is 3.43. The van der Waals surface area contributed by atoms with Gasteiger partial charge < -0.3 is 20.4 Å². The number of amides is 1. The van der Waals surface area contributed by atoms with Crippen molar-refractivity contribution >= 4 is 17.3 Å². The minimum Gasteiger partial charge on any atom is -0.374 e. The van der Waals surface area contributed by atoms with Gasteiger partial charge in [-0.05, 0) is 44.2 Å². The standard InChI is InChI=1S/C19H30N4O/c1-5-9-20-19(24)16(4)21-18-8-7-17(14-15(18)3)23-12-10-22(6-2)11-13-23/h5,7-8,14,16,21H,1,6,9-13H2,2-4H3,(H,20,24)/t16-/m0/s1. The zero-order chi connectivity index (χ0) is 17.5. The van der Waals surface area contributed by atoms with E-state index in [1.165, 1.54) is 5.69 Å². The van der Waals surface area contributed by atoms with Crippen molar-refractivity contribution in [2.45, 2.75) is 26.8 Å². The molecule has 1 fully saturated rings. The lowest BCUT2D eigenvalue weighted by molar-refractivity contribution is -0.121. The van der Waals surface area contributed by atoms with Crippen LogP contribution >= 0.6 is 0 Å². The zero-order valence-corrected chi connectivity index (χ0v) is 15.1. The minimum absolute atomic E-state index is 0.0194. The van der Waals surface area contributed by atoms with Crippen molar-refractivity contribution in [3.8, 4) is 0 Å². The molecule has 132 valence electrons. The first-order valence-corrected chi connectivity index (χ1v) is 8.78. The molecule has 1 aromatic carbocycles. The number of nitrogens with one attached hydrogen (secondary N) is 2. The Hall–Kier alpha value is -2.01. The summed E-state index contributed by atoms with van der Waals surface area (Å²) in [5.74, 6) is -0.0194. The molecular weight excluding hydrogens is 300 g/mol. The highest BCUT2D eigenvalue weighted by Crippen LogP contribution is 2.24. The molecule has 1 aliphatic heterocycles. The molecule has 1 saturated heterocycles. The SMILES string of the molecule is C=CCNC(=O)[C@H](C)Nc1ccc(N2CCN(CC)CC2)cc1C. The van der Waals surface area contributed by atoms with E-state index in [4.69, 9.17) is 0 Å². The summed E-state index contributed by atoms with van der Waals surface area (Å²) in [6.07, 6.45) is 1.68. The second-order valence-electron chi connectivity index (χ2n) is 6.32. The molecule has 24 heavy (non-hydrogen) atoms. The highest BCUT2D eigenvalue weighted by atomic mass is 16.2. The normalized spacial score (nSPS) is 16.5. The molecule has 1 aromatic rings. The smallest absolute Gasteiger partial charge is 0.242 e. The number of likely N-dealkylation sites (N-methyl/N-ethyl adjacent to an activating group) is 1. The van der Waals surface area contributed by atoms with Gasteiger partial charge in [0.15, 0.2) is 0 Å². The van der Waals surface area contributed by atoms with E-state index in [-0.39, 0.29) is 11.9 Å². The number of anilines is 2. The third-order valence-corrected chi connectivity index (χ3v) is 4.58. The van der Waals surface area contributed by atoms with Gasteiger partial charge in [0.2, 0.25) is 5.91 Å². The van der Waals surface area contributed by atoms with Gasteiger partial charge in [-0.2, -0.15) is 0 Å². The van der Waals surface area contributed by atoms with Crippen LogP contribution < -0.4 is 15.5 Å². The monoisotopic (exact) mass is 330 g/mol. The molecular formula is C19H30N4O. The quantitative estimate of drug-likeness (QED) is 0.753. The number of carbonyl (C=O) groups excluding carboxylic acids is 1. The second kappa shape index (κ2) is 8.73. The molecule has 5 heteroatoms. The van der Waals surface area contributed by atoms with Crippen LogP contribution in [0.15, 0.2) is 30.9 Å². The van der Waals surface area contributed by atoms with Crippen molar-refractivity contribution in [1.29, 1.82) is 0 Å². The fourth-order valence-corrected chi connectivity index (χ4v) is 2.95. The predicted molar refractivity (Wildman–Crippen MR) is 102 cm³/mol. The van der Waals surface area contributed by atoms with E-state index in [1.54, 1.807) is 6.08 Å². The van der Waals surface area contributed by atoms with Gasteiger partial charge in [0.25, 0.3) is 0 Å². The van der Waals surface area contributed by atoms with E-state index in [2.05, 4.69) is 59.1 Å². The molecule has 0 unspecified atom stereocenters. The van der Waals surface area contributed by atoms with E-state index in [0.29, 0.717) is 6.54 Å². The van der Waals surface area contributed by atoms with Crippen LogP contribution in [-0.4, -0.2) is 56.1 Å². The molecule has 1 atom stereocenters. The second-order valence-corrected chi connectivity index (χ2v) is 6.32. The van der Waals surface area contributed by atoms with E-state index in [9.17, 15) is 4.79 Å². The van der Waals surface area contributed by atoms with Gasteiger partial charge in [0, 0.05) is 44.1 Å². The highest BCUT2D eigenvalue weighted by molar-refractivity contribution is 5.84. The number of nitrogens with zero attached hydrogens (tertiary/aromatic N) is 2. The fourth-order valence-electron chi connectivity index (χ4n) is 2.95. The number of piperazine rings is 1. The van der Waals surface area contributed by atoms with Gasteiger partial charge in [-0.25, -0.2) is 0 Å². The summed E-state index contributed by atoms with van der Waals surface area (Å²) in [7, 11) is 0. The zero-order valence-electron chi connectivity index (χ0n) is 15.1. The Bertz CT molecular complexity index is 564. The van der Waals surface area contributed by atoms with Crippen LogP contribution in [0.25, 0.3) is 0 Å². The van der Waals surface area contributed by atoms with Crippen molar-refractivity contribution in [1.82, 2.24) is 10.2 Å². The molecule has 0 aliphatic carbocycles. The third kappa shape index (κ3) is 4.74. The predicted octanol–water partition coefficient (Wildman–Crippen LogP) is 2.24. The maximum Gasteiger partial charge on any atom is 0.242 e. The molecule has 0 saturated carbocycles. The highest BCUT2D eigenvalue weighted by Gasteiger charge is 2.17. The molecule has 2 rings (SSSR count). The molecule has 0 aromatic heterocycles. The van der Waals surface area contributed by atoms with E-state index in [0.717, 1.165) is 44.0 Å². The van der Waals surface area contributed by atoms with Crippen LogP contribution in [0.4, 0.5) is 11.4 Å². The average Bonchev–Trinajstić information content (AvgIpc) is 2.61. The molecule has 1 heterocycles. The molecule has 0 spiro atoms. The Labute approximate surface area is 145 Å². The van der Waals surface area contributed by atoms with E-state index >= 15 is 0 Å². The van der Waals surface area contributed by atoms with Crippen molar-refractivity contribution in [2.24, 2.45) is 0 Å². The summed E-state index contributed by atoms with van der Waals surface area (Å²) in [6, 6.07) is 6.15. The summed E-state index contributed by atoms with van der Waals surface area (Å²) in [6.45, 7) is 15.8. The van der Waals surface area contributed by atoms with Crippen LogP contribution in [0.2, 0.25) is 0 Å². The first-order valence-electron chi connectivity index (χ1n) is 8.78. The number of aryl methyl sites for hydroxylation is 1. The number of benzene rings is 1. The van der Waals surface area contributed by atoms with Crippen LogP contribution in [-0.2, 0) is 4.79 Å². The first kappa shape index (κ1) is 18.3. The maximum absolute atomic E-state index is 12.0. The van der Waals surface area contributed by atoms with Crippen molar-refractivity contribution in [3.05, 3.63) is 36.4 Å². The number of hydrogen-bond donors (Lipinski definition) is 2. The lowest BCUT2D eigenvalue weighted by Gasteiger charge is -2.35. The van der Waals surface area contributed by atoms with Gasteiger partial charge in [0.05, 0.1) is 0 Å². The minimum atomic E-state index is -0.275. The Morgan fingerprint density at radius 2 is 2.04 bits per heavy atom. The molecule has 2 N–H and O–H groups in total. The summed E-state index contributed by atoms with van der Waals surface area (Å²) in [4.78, 5) is 16.9. The third-order valence-electron chi connectivity index (χ3n) is 4.58. The van der Waals surface area contributed by atoms with Crippen molar-refractivity contribution in [3.63, 3.8) is 0 Å². The summed E-state index contributed by atoms with van der Waals surface area (Å²) >= 11 is 0. The van der Waals surface area contributed by atoms with Gasteiger partial charge in [-0.15, -0.1) is 6.58 Å². The lowest BCUT2D eigenvalue weighted by Crippen LogP contribution is -2.46. The first-order chi connectivity index (χ1) is 11.5. The summed E-state index contributed by atoms with van der Waals surface area (Å²) < 4.78 is 0. The Kier molecular flexibility index (Phi) is 6.67. The maximum atomic E-state index is 12.0. The Morgan fingerprint density at radius 1 is 1.33 bits per heavy atom. The molecule has 0 bridgehead atoms. The van der Waals surface area contributed by atoms with Gasteiger partial charge >= 0.3 is 0 Å². The van der Waals surface area contributed by atoms with Gasteiger partial charge in [-0.1, -0.05) is 13.0 Å². The Morgan fingerprint density at radius 3 is 2.62 bits per heavy atom. The van der Waals surface area contributed by atoms with Gasteiger partial charge in [-0.3, -0.25) is 4.79 Å². The number of hydrogen-bond acceptors (Lipinski definition) is 4. The summed E-state index contributed by atoms with van der Waals surface area (Å²) in [5, 5.41) is 6.10. The van der Waals surface area contributed by atoms with Crippen LogP contribution in [0.5, 0.6) is 0 Å². The van der Waals surface area contributed by atoms with Gasteiger partial charge in [0.1, 0.15) is 6.04 Å². The van der Waals surface area contributed by atoms with Crippen LogP contribution in [0.3, 0.4) is 0 Å².